The van der Waals surface area contributed by atoms with Gasteiger partial charge in [-0.1, -0.05) is 24.3 Å². The molecular weight excluding hydrogens is 183 g/mol. The van der Waals surface area contributed by atoms with Crippen molar-refractivity contribution in [3.05, 3.63) is 24.3 Å². The van der Waals surface area contributed by atoms with Gasteiger partial charge in [0.2, 0.25) is 0 Å². The molecular formula is C9H12CoO. The molecule has 0 radical (unpaired) electrons. The number of allylic oxidation sites excluding steroid dienone is 4. The molecule has 0 fully saturated rings. The summed E-state index contributed by atoms with van der Waals surface area (Å²) in [5.41, 5.74) is 0. The summed E-state index contributed by atoms with van der Waals surface area (Å²) >= 11 is 3.02. The number of hydrogen-bond acceptors (Lipinski definition) is 1. The van der Waals surface area contributed by atoms with Crippen molar-refractivity contribution >= 4 is 4.82 Å². The molecule has 0 saturated heterocycles. The Hall–Kier alpha value is -0.434. The Morgan fingerprint density at radius 1 is 1.09 bits per heavy atom. The van der Waals surface area contributed by atoms with Crippen LogP contribution in [0.4, 0.5) is 0 Å². The van der Waals surface area contributed by atoms with Gasteiger partial charge in [0, 0.05) is 0 Å². The summed E-state index contributed by atoms with van der Waals surface area (Å²) in [4.78, 5) is 9.73. The molecule has 2 heteroatoms. The van der Waals surface area contributed by atoms with E-state index in [-0.39, 0.29) is 0 Å². The minimum atomic E-state index is 1.19. The average Bonchev–Trinajstić information content (AvgIpc) is 1.86. The molecule has 0 unspecified atom stereocenters. The maximum absolute atomic E-state index is 8.54. The molecule has 0 bridgehead atoms. The summed E-state index contributed by atoms with van der Waals surface area (Å²) in [6.45, 7) is 0. The molecule has 11 heavy (non-hydrogen) atoms. The van der Waals surface area contributed by atoms with Crippen molar-refractivity contribution in [2.24, 2.45) is 0 Å². The van der Waals surface area contributed by atoms with Crippen molar-refractivity contribution in [1.29, 1.82) is 0 Å². The zero-order chi connectivity index (χ0) is 8.36. The zero-order valence-electron chi connectivity index (χ0n) is 6.38. The van der Waals surface area contributed by atoms with Crippen LogP contribution < -0.4 is 0 Å². The summed E-state index contributed by atoms with van der Waals surface area (Å²) in [5, 5.41) is 0. The molecule has 1 aliphatic carbocycles. The molecule has 1 nitrogen and oxygen atoms in total. The molecule has 0 atom stereocenters. The standard InChI is InChI=1S/C8H12.CO.Co/c1-2-4-6-8-7-5-3-1;1-2;/h1-4H,5-8H2;;. The van der Waals surface area contributed by atoms with E-state index in [1.165, 1.54) is 30.5 Å². The van der Waals surface area contributed by atoms with E-state index in [9.17, 15) is 0 Å². The molecule has 63 valence electrons. The zero-order valence-corrected chi connectivity index (χ0v) is 7.42. The van der Waals surface area contributed by atoms with Gasteiger partial charge in [-0.3, -0.25) is 0 Å². The first-order valence-electron chi connectivity index (χ1n) is 3.69. The van der Waals surface area contributed by atoms with Crippen molar-refractivity contribution < 1.29 is 20.1 Å². The molecule has 0 N–H and O–H groups in total. The van der Waals surface area contributed by atoms with Gasteiger partial charge in [0.15, 0.2) is 0 Å². The van der Waals surface area contributed by atoms with E-state index in [0.717, 1.165) is 0 Å². The second-order valence-electron chi connectivity index (χ2n) is 2.21. The molecule has 0 saturated carbocycles. The first kappa shape index (κ1) is 10.6. The Morgan fingerprint density at radius 3 is 1.82 bits per heavy atom. The maximum atomic E-state index is 8.54. The van der Waals surface area contributed by atoms with Crippen LogP contribution in [0.25, 0.3) is 0 Å². The van der Waals surface area contributed by atoms with Gasteiger partial charge in [-0.05, 0) is 25.7 Å². The van der Waals surface area contributed by atoms with Crippen LogP contribution in [0.3, 0.4) is 0 Å². The van der Waals surface area contributed by atoms with E-state index >= 15 is 0 Å². The van der Waals surface area contributed by atoms with E-state index in [1.807, 2.05) is 0 Å². The first-order chi connectivity index (χ1) is 5.41. The predicted octanol–water partition coefficient (Wildman–Crippen LogP) is 2.27. The van der Waals surface area contributed by atoms with Crippen LogP contribution in [0.2, 0.25) is 0 Å². The first-order valence-corrected chi connectivity index (χ1v) is 4.21. The Balaban J connectivity index is 0.000000292. The van der Waals surface area contributed by atoms with E-state index in [2.05, 4.69) is 39.6 Å². The topological polar surface area (TPSA) is 17.1 Å². The van der Waals surface area contributed by atoms with Gasteiger partial charge in [-0.2, -0.15) is 0 Å². The molecule has 0 heterocycles. The molecule has 0 aliphatic heterocycles. The van der Waals surface area contributed by atoms with Crippen LogP contribution in [0.1, 0.15) is 25.7 Å². The van der Waals surface area contributed by atoms with Gasteiger partial charge < -0.3 is 0 Å². The SMILES string of the molecule is C1=CCCCCC=C1.O=[C]=[Co]. The third-order valence-corrected chi connectivity index (χ3v) is 1.37. The molecule has 0 aromatic heterocycles. The second kappa shape index (κ2) is 9.57. The number of hydrogen-bond donors (Lipinski definition) is 0. The Labute approximate surface area is 75.3 Å². The molecule has 0 aromatic carbocycles. The molecule has 0 spiro atoms. The van der Waals surface area contributed by atoms with Crippen molar-refractivity contribution in [3.8, 4) is 0 Å². The van der Waals surface area contributed by atoms with Gasteiger partial charge >= 0.3 is 24.9 Å². The van der Waals surface area contributed by atoms with Gasteiger partial charge in [-0.15, -0.1) is 0 Å². The van der Waals surface area contributed by atoms with E-state index in [1.54, 1.807) is 0 Å². The fourth-order valence-electron chi connectivity index (χ4n) is 0.874. The summed E-state index contributed by atoms with van der Waals surface area (Å²) < 4.78 is 0. The fraction of sp³-hybridized carbons (Fsp3) is 0.444. The van der Waals surface area contributed by atoms with Crippen LogP contribution in [0, 0.1) is 0 Å². The minimum absolute atomic E-state index is 1.19. The van der Waals surface area contributed by atoms with Gasteiger partial charge in [0.1, 0.15) is 0 Å². The normalized spacial score (nSPS) is 15.4. The van der Waals surface area contributed by atoms with Crippen molar-refractivity contribution in [2.75, 3.05) is 0 Å². The quantitative estimate of drug-likeness (QED) is 0.579. The molecule has 1 aliphatic rings. The summed E-state index contributed by atoms with van der Waals surface area (Å²) in [7, 11) is 0. The summed E-state index contributed by atoms with van der Waals surface area (Å²) in [5.74, 6) is 0. The summed E-state index contributed by atoms with van der Waals surface area (Å²) in [6.07, 6.45) is 14.0. The Morgan fingerprint density at radius 2 is 1.45 bits per heavy atom. The van der Waals surface area contributed by atoms with E-state index in [0.29, 0.717) is 0 Å². The average molecular weight is 195 g/mol. The van der Waals surface area contributed by atoms with Gasteiger partial charge in [0.25, 0.3) is 0 Å². The Kier molecular flexibility index (Phi) is 9.19. The third-order valence-electron chi connectivity index (χ3n) is 1.37. The van der Waals surface area contributed by atoms with Crippen LogP contribution in [-0.2, 0) is 20.1 Å². The third kappa shape index (κ3) is 9.57. The van der Waals surface area contributed by atoms with Crippen molar-refractivity contribution in [1.82, 2.24) is 0 Å². The molecule has 0 aromatic rings. The van der Waals surface area contributed by atoms with Gasteiger partial charge in [0.05, 0.1) is 0 Å². The van der Waals surface area contributed by atoms with Crippen LogP contribution in [-0.4, -0.2) is 4.82 Å². The molecule has 1 rings (SSSR count). The van der Waals surface area contributed by atoms with Crippen molar-refractivity contribution in [3.63, 3.8) is 0 Å². The van der Waals surface area contributed by atoms with E-state index in [4.69, 9.17) is 4.79 Å². The van der Waals surface area contributed by atoms with Crippen LogP contribution in [0.15, 0.2) is 24.3 Å². The fourth-order valence-corrected chi connectivity index (χ4v) is 0.874. The number of carbonyl (C=O) groups excluding carboxylic acids is 1. The van der Waals surface area contributed by atoms with E-state index < -0.39 is 0 Å². The summed E-state index contributed by atoms with van der Waals surface area (Å²) in [6, 6.07) is 0. The Bertz CT molecular complexity index is 150. The van der Waals surface area contributed by atoms with Crippen LogP contribution >= 0.6 is 0 Å². The number of rotatable bonds is 0. The second-order valence-corrected chi connectivity index (χ2v) is 2.42. The van der Waals surface area contributed by atoms with Crippen molar-refractivity contribution in [2.45, 2.75) is 25.7 Å². The van der Waals surface area contributed by atoms with Crippen LogP contribution in [0.5, 0.6) is 0 Å². The predicted molar refractivity (Wildman–Crippen MR) is 42.4 cm³/mol. The monoisotopic (exact) mass is 195 g/mol. The van der Waals surface area contributed by atoms with Gasteiger partial charge in [-0.25, -0.2) is 0 Å². The molecule has 0 amide bonds.